The van der Waals surface area contributed by atoms with Gasteiger partial charge >= 0.3 is 0 Å². The number of nitrogens with zero attached hydrogens (tertiary/aromatic N) is 1. The van der Waals surface area contributed by atoms with Gasteiger partial charge in [0.15, 0.2) is 0 Å². The summed E-state index contributed by atoms with van der Waals surface area (Å²) in [7, 11) is 0. The minimum absolute atomic E-state index is 0.309. The highest BCUT2D eigenvalue weighted by molar-refractivity contribution is 9.10. The van der Waals surface area contributed by atoms with Gasteiger partial charge in [0.2, 0.25) is 0 Å². The maximum absolute atomic E-state index is 6.08. The van der Waals surface area contributed by atoms with Crippen molar-refractivity contribution in [2.24, 2.45) is 0 Å². The van der Waals surface area contributed by atoms with Crippen LogP contribution in [0.4, 0.5) is 0 Å². The molecule has 0 spiro atoms. The molecule has 2 nitrogen and oxygen atoms in total. The zero-order chi connectivity index (χ0) is 13.9. The Hall–Kier alpha value is -0.390. The summed E-state index contributed by atoms with van der Waals surface area (Å²) >= 11 is 11.6. The molecule has 2 heterocycles. The number of rotatable bonds is 3. The summed E-state index contributed by atoms with van der Waals surface area (Å²) in [6, 6.07) is 10.8. The van der Waals surface area contributed by atoms with Crippen LogP contribution in [0.3, 0.4) is 0 Å². The van der Waals surface area contributed by atoms with Crippen LogP contribution in [0.15, 0.2) is 40.2 Å². The number of nitrogens with one attached hydrogen (secondary N) is 1. The lowest BCUT2D eigenvalue weighted by molar-refractivity contribution is 0.200. The van der Waals surface area contributed by atoms with Crippen molar-refractivity contribution >= 4 is 38.9 Å². The molecule has 0 bridgehead atoms. The molecule has 1 atom stereocenters. The maximum Gasteiger partial charge on any atom is 0.0707 e. The highest BCUT2D eigenvalue weighted by Crippen LogP contribution is 2.36. The first kappa shape index (κ1) is 14.5. The molecule has 3 rings (SSSR count). The molecule has 1 aliphatic heterocycles. The molecule has 1 aromatic carbocycles. The SMILES string of the molecule is Clc1ccc([C@@H](c2cccs2)N2CCNCC2)c(Br)c1. The molecule has 1 aromatic heterocycles. The Morgan fingerprint density at radius 1 is 1.25 bits per heavy atom. The Morgan fingerprint density at radius 2 is 2.05 bits per heavy atom. The number of thiophene rings is 1. The van der Waals surface area contributed by atoms with Gasteiger partial charge in [0, 0.05) is 40.6 Å². The highest BCUT2D eigenvalue weighted by Gasteiger charge is 2.26. The van der Waals surface area contributed by atoms with E-state index in [1.54, 1.807) is 0 Å². The first-order valence-corrected chi connectivity index (χ1v) is 8.74. The summed E-state index contributed by atoms with van der Waals surface area (Å²) in [5, 5.41) is 6.34. The highest BCUT2D eigenvalue weighted by atomic mass is 79.9. The van der Waals surface area contributed by atoms with Crippen LogP contribution < -0.4 is 5.32 Å². The molecule has 0 saturated carbocycles. The van der Waals surface area contributed by atoms with Gasteiger partial charge in [0.25, 0.3) is 0 Å². The summed E-state index contributed by atoms with van der Waals surface area (Å²) in [6.45, 7) is 4.23. The van der Waals surface area contributed by atoms with E-state index in [4.69, 9.17) is 11.6 Å². The second-order valence-corrected chi connectivity index (χ2v) is 7.14. The third kappa shape index (κ3) is 3.10. The van der Waals surface area contributed by atoms with E-state index in [9.17, 15) is 0 Å². The lowest BCUT2D eigenvalue weighted by Gasteiger charge is -2.35. The van der Waals surface area contributed by atoms with E-state index >= 15 is 0 Å². The van der Waals surface area contributed by atoms with Gasteiger partial charge in [-0.1, -0.05) is 39.7 Å². The number of halogens is 2. The number of benzene rings is 1. The lowest BCUT2D eigenvalue weighted by atomic mass is 10.0. The standard InChI is InChI=1S/C15H16BrClN2S/c16-13-10-11(17)3-4-12(13)15(14-2-1-9-20-14)19-7-5-18-6-8-19/h1-4,9-10,15,18H,5-8H2/t15-/m0/s1. The van der Waals surface area contributed by atoms with Crippen molar-refractivity contribution in [1.82, 2.24) is 10.2 Å². The fraction of sp³-hybridized carbons (Fsp3) is 0.333. The Balaban J connectivity index is 2.00. The van der Waals surface area contributed by atoms with Gasteiger partial charge < -0.3 is 5.32 Å². The predicted molar refractivity (Wildman–Crippen MR) is 89.8 cm³/mol. The van der Waals surface area contributed by atoms with E-state index in [0.29, 0.717) is 6.04 Å². The van der Waals surface area contributed by atoms with Gasteiger partial charge in [-0.05, 0) is 29.1 Å². The van der Waals surface area contributed by atoms with Crippen molar-refractivity contribution in [1.29, 1.82) is 0 Å². The van der Waals surface area contributed by atoms with Crippen LogP contribution in [0.25, 0.3) is 0 Å². The smallest absolute Gasteiger partial charge is 0.0707 e. The van der Waals surface area contributed by atoms with Crippen molar-refractivity contribution in [3.8, 4) is 0 Å². The molecule has 5 heteroatoms. The van der Waals surface area contributed by atoms with Crippen LogP contribution in [-0.4, -0.2) is 31.1 Å². The molecule has 1 N–H and O–H groups in total. The summed E-state index contributed by atoms with van der Waals surface area (Å²) in [5.74, 6) is 0. The average molecular weight is 372 g/mol. The maximum atomic E-state index is 6.08. The van der Waals surface area contributed by atoms with Crippen LogP contribution in [0.1, 0.15) is 16.5 Å². The van der Waals surface area contributed by atoms with Gasteiger partial charge in [-0.15, -0.1) is 11.3 Å². The van der Waals surface area contributed by atoms with Gasteiger partial charge in [0.05, 0.1) is 6.04 Å². The fourth-order valence-corrected chi connectivity index (χ4v) is 4.42. The fourth-order valence-electron chi connectivity index (χ4n) is 2.64. The summed E-state index contributed by atoms with van der Waals surface area (Å²) in [6.07, 6.45) is 0. The molecule has 0 radical (unpaired) electrons. The Bertz CT molecular complexity index is 567. The topological polar surface area (TPSA) is 15.3 Å². The zero-order valence-corrected chi connectivity index (χ0v) is 14.1. The van der Waals surface area contributed by atoms with Crippen LogP contribution in [0, 0.1) is 0 Å². The Labute approximate surface area is 136 Å². The summed E-state index contributed by atoms with van der Waals surface area (Å²) in [4.78, 5) is 3.92. The number of piperazine rings is 1. The van der Waals surface area contributed by atoms with Gasteiger partial charge in [-0.3, -0.25) is 4.90 Å². The molecule has 0 aliphatic carbocycles. The van der Waals surface area contributed by atoms with Crippen molar-refractivity contribution in [2.45, 2.75) is 6.04 Å². The van der Waals surface area contributed by atoms with E-state index in [2.05, 4.69) is 49.7 Å². The second kappa shape index (κ2) is 6.58. The van der Waals surface area contributed by atoms with Gasteiger partial charge in [-0.25, -0.2) is 0 Å². The van der Waals surface area contributed by atoms with E-state index in [-0.39, 0.29) is 0 Å². The molecule has 2 aromatic rings. The van der Waals surface area contributed by atoms with Crippen LogP contribution in [0.2, 0.25) is 5.02 Å². The van der Waals surface area contributed by atoms with Crippen LogP contribution in [-0.2, 0) is 0 Å². The van der Waals surface area contributed by atoms with Gasteiger partial charge in [-0.2, -0.15) is 0 Å². The molecular formula is C15H16BrClN2S. The van der Waals surface area contributed by atoms with Crippen LogP contribution >= 0.6 is 38.9 Å². The van der Waals surface area contributed by atoms with Gasteiger partial charge in [0.1, 0.15) is 0 Å². The second-order valence-electron chi connectivity index (χ2n) is 4.87. The number of hydrogen-bond acceptors (Lipinski definition) is 3. The lowest BCUT2D eigenvalue weighted by Crippen LogP contribution is -2.45. The van der Waals surface area contributed by atoms with Crippen molar-refractivity contribution in [3.05, 3.63) is 55.6 Å². The van der Waals surface area contributed by atoms with E-state index in [1.165, 1.54) is 10.4 Å². The Kier molecular flexibility index (Phi) is 4.79. The van der Waals surface area contributed by atoms with E-state index in [0.717, 1.165) is 35.7 Å². The minimum Gasteiger partial charge on any atom is -0.314 e. The largest absolute Gasteiger partial charge is 0.314 e. The third-order valence-corrected chi connectivity index (χ3v) is 5.43. The molecule has 0 amide bonds. The molecule has 1 aliphatic rings. The summed E-state index contributed by atoms with van der Waals surface area (Å²) < 4.78 is 1.09. The first-order valence-electron chi connectivity index (χ1n) is 6.69. The average Bonchev–Trinajstić information content (AvgIpc) is 2.97. The monoisotopic (exact) mass is 370 g/mol. The molecule has 106 valence electrons. The number of hydrogen-bond donors (Lipinski definition) is 1. The molecular weight excluding hydrogens is 356 g/mol. The summed E-state index contributed by atoms with van der Waals surface area (Å²) in [5.41, 5.74) is 1.29. The predicted octanol–water partition coefficient (Wildman–Crippen LogP) is 4.16. The Morgan fingerprint density at radius 3 is 2.70 bits per heavy atom. The van der Waals surface area contributed by atoms with E-state index in [1.807, 2.05) is 23.5 Å². The van der Waals surface area contributed by atoms with Crippen molar-refractivity contribution in [2.75, 3.05) is 26.2 Å². The van der Waals surface area contributed by atoms with E-state index < -0.39 is 0 Å². The first-order chi connectivity index (χ1) is 9.75. The normalized spacial score (nSPS) is 18.1. The van der Waals surface area contributed by atoms with Crippen molar-refractivity contribution in [3.63, 3.8) is 0 Å². The quantitative estimate of drug-likeness (QED) is 0.871. The third-order valence-electron chi connectivity index (χ3n) is 3.59. The zero-order valence-electron chi connectivity index (χ0n) is 11.0. The molecule has 1 saturated heterocycles. The molecule has 20 heavy (non-hydrogen) atoms. The molecule has 0 unspecified atom stereocenters. The van der Waals surface area contributed by atoms with Crippen molar-refractivity contribution < 1.29 is 0 Å². The minimum atomic E-state index is 0.309. The van der Waals surface area contributed by atoms with Crippen LogP contribution in [0.5, 0.6) is 0 Å². The molecule has 1 fully saturated rings.